The second kappa shape index (κ2) is 16.3. The highest BCUT2D eigenvalue weighted by Gasteiger charge is 2.41. The lowest BCUT2D eigenvalue weighted by Crippen LogP contribution is -2.48. The highest BCUT2D eigenvalue weighted by atomic mass is 16.3. The van der Waals surface area contributed by atoms with Crippen LogP contribution in [0.2, 0.25) is 0 Å². The number of aromatic nitrogens is 2. The SMILES string of the molecule is CC.CC.CCc1c(-c2ccnn2CC)cccc1C(CC)NC(=O)C1CC(O)CN1C(=O)C(C)C(C)C. The fraction of sp³-hybridized carbons (Fsp3) is 0.645. The lowest BCUT2D eigenvalue weighted by molar-refractivity contribution is -0.142. The van der Waals surface area contributed by atoms with E-state index in [1.54, 1.807) is 4.90 Å². The van der Waals surface area contributed by atoms with Crippen molar-refractivity contribution >= 4 is 11.8 Å². The topological polar surface area (TPSA) is 87.5 Å². The molecule has 2 heterocycles. The molecule has 2 aromatic rings. The molecule has 214 valence electrons. The van der Waals surface area contributed by atoms with E-state index in [0.717, 1.165) is 36.2 Å². The van der Waals surface area contributed by atoms with Gasteiger partial charge >= 0.3 is 0 Å². The maximum atomic E-state index is 13.4. The Hall–Kier alpha value is -2.67. The van der Waals surface area contributed by atoms with E-state index in [1.807, 2.05) is 71.5 Å². The minimum Gasteiger partial charge on any atom is -0.391 e. The minimum absolute atomic E-state index is 0.0659. The molecule has 1 aromatic heterocycles. The van der Waals surface area contributed by atoms with E-state index in [9.17, 15) is 14.7 Å². The Kier molecular flexibility index (Phi) is 14.3. The van der Waals surface area contributed by atoms with Crippen LogP contribution in [0.3, 0.4) is 0 Å². The summed E-state index contributed by atoms with van der Waals surface area (Å²) < 4.78 is 1.98. The highest BCUT2D eigenvalue weighted by Crippen LogP contribution is 2.32. The molecular formula is C31H52N4O3. The number of nitrogens with zero attached hydrogens (tertiary/aromatic N) is 3. The quantitative estimate of drug-likeness (QED) is 0.417. The summed E-state index contributed by atoms with van der Waals surface area (Å²) in [7, 11) is 0. The van der Waals surface area contributed by atoms with Gasteiger partial charge in [-0.3, -0.25) is 14.3 Å². The van der Waals surface area contributed by atoms with Crippen molar-refractivity contribution in [3.8, 4) is 11.3 Å². The Labute approximate surface area is 231 Å². The number of aliphatic hydroxyl groups excluding tert-OH is 1. The molecule has 0 bridgehead atoms. The number of aryl methyl sites for hydroxylation is 1. The van der Waals surface area contributed by atoms with Crippen molar-refractivity contribution in [2.75, 3.05) is 6.54 Å². The van der Waals surface area contributed by atoms with Crippen molar-refractivity contribution in [2.24, 2.45) is 11.8 Å². The molecule has 7 nitrogen and oxygen atoms in total. The third kappa shape index (κ3) is 7.68. The average molecular weight is 529 g/mol. The van der Waals surface area contributed by atoms with E-state index in [1.165, 1.54) is 5.56 Å². The van der Waals surface area contributed by atoms with Crippen LogP contribution in [0.4, 0.5) is 0 Å². The Morgan fingerprint density at radius 1 is 1.08 bits per heavy atom. The fourth-order valence-corrected chi connectivity index (χ4v) is 4.90. The molecule has 1 aliphatic rings. The van der Waals surface area contributed by atoms with Crippen LogP contribution in [0.5, 0.6) is 0 Å². The van der Waals surface area contributed by atoms with E-state index in [-0.39, 0.29) is 42.7 Å². The summed E-state index contributed by atoms with van der Waals surface area (Å²) in [6, 6.07) is 7.42. The summed E-state index contributed by atoms with van der Waals surface area (Å²) in [5.41, 5.74) is 4.48. The van der Waals surface area contributed by atoms with Crippen LogP contribution in [0.1, 0.15) is 99.2 Å². The van der Waals surface area contributed by atoms with Crippen LogP contribution in [0.15, 0.2) is 30.5 Å². The van der Waals surface area contributed by atoms with Crippen molar-refractivity contribution in [1.82, 2.24) is 20.0 Å². The number of carbonyl (C=O) groups is 2. The Balaban J connectivity index is 0.00000172. The zero-order valence-corrected chi connectivity index (χ0v) is 25.4. The molecular weight excluding hydrogens is 476 g/mol. The summed E-state index contributed by atoms with van der Waals surface area (Å²) in [5.74, 6) is -0.291. The van der Waals surface area contributed by atoms with Gasteiger partial charge in [-0.1, -0.05) is 80.5 Å². The summed E-state index contributed by atoms with van der Waals surface area (Å²) in [6.45, 7) is 21.1. The first-order valence-corrected chi connectivity index (χ1v) is 14.7. The standard InChI is InChI=1S/C27H40N4O3.2C2H6/c1-7-20-21(11-10-12-22(20)24-13-14-28-31(24)9-3)23(8-2)29-26(33)25-15-19(32)16-30(25)27(34)18(6)17(4)5;2*1-2/h10-14,17-19,23,25,32H,7-9,15-16H2,1-6H3,(H,29,33);2*1-2H3. The first kappa shape index (κ1) is 33.4. The maximum absolute atomic E-state index is 13.4. The molecule has 2 N–H and O–H groups in total. The summed E-state index contributed by atoms with van der Waals surface area (Å²) >= 11 is 0. The van der Waals surface area contributed by atoms with Crippen molar-refractivity contribution < 1.29 is 14.7 Å². The predicted molar refractivity (Wildman–Crippen MR) is 157 cm³/mol. The molecule has 0 spiro atoms. The minimum atomic E-state index is -0.678. The van der Waals surface area contributed by atoms with Gasteiger partial charge < -0.3 is 15.3 Å². The van der Waals surface area contributed by atoms with Crippen LogP contribution in [-0.4, -0.2) is 50.3 Å². The summed E-state index contributed by atoms with van der Waals surface area (Å²) in [4.78, 5) is 28.0. The molecule has 3 rings (SSSR count). The number of hydrogen-bond donors (Lipinski definition) is 2. The van der Waals surface area contributed by atoms with E-state index < -0.39 is 12.1 Å². The molecule has 1 aromatic carbocycles. The van der Waals surface area contributed by atoms with E-state index in [4.69, 9.17) is 0 Å². The molecule has 38 heavy (non-hydrogen) atoms. The number of nitrogens with one attached hydrogen (secondary N) is 1. The van der Waals surface area contributed by atoms with Crippen molar-refractivity contribution in [3.05, 3.63) is 41.6 Å². The third-order valence-electron chi connectivity index (χ3n) is 7.21. The molecule has 7 heteroatoms. The lowest BCUT2D eigenvalue weighted by atomic mass is 9.91. The third-order valence-corrected chi connectivity index (χ3v) is 7.21. The molecule has 2 amide bonds. The number of β-amino-alcohol motifs (C(OH)–C–C–N with tert-alkyl or cyclic N) is 1. The number of amides is 2. The van der Waals surface area contributed by atoms with Crippen LogP contribution in [0, 0.1) is 11.8 Å². The monoisotopic (exact) mass is 528 g/mol. The van der Waals surface area contributed by atoms with Crippen LogP contribution < -0.4 is 5.32 Å². The number of aliphatic hydroxyl groups is 1. The van der Waals surface area contributed by atoms with Gasteiger partial charge in [0.05, 0.1) is 17.8 Å². The van der Waals surface area contributed by atoms with Gasteiger partial charge in [-0.15, -0.1) is 0 Å². The maximum Gasteiger partial charge on any atom is 0.243 e. The Bertz CT molecular complexity index is 1000. The molecule has 1 saturated heterocycles. The molecule has 1 aliphatic heterocycles. The molecule has 0 radical (unpaired) electrons. The van der Waals surface area contributed by atoms with Crippen molar-refractivity contribution in [1.29, 1.82) is 0 Å². The number of carbonyl (C=O) groups excluding carboxylic acids is 2. The first-order valence-electron chi connectivity index (χ1n) is 14.7. The zero-order chi connectivity index (χ0) is 29.0. The number of rotatable bonds is 9. The molecule has 4 atom stereocenters. The second-order valence-corrected chi connectivity index (χ2v) is 9.66. The van der Waals surface area contributed by atoms with Crippen molar-refractivity contribution in [2.45, 2.75) is 113 Å². The fourth-order valence-electron chi connectivity index (χ4n) is 4.90. The first-order chi connectivity index (χ1) is 18.2. The van der Waals surface area contributed by atoms with E-state index in [2.05, 4.69) is 43.3 Å². The van der Waals surface area contributed by atoms with Gasteiger partial charge in [-0.05, 0) is 42.9 Å². The van der Waals surface area contributed by atoms with Crippen LogP contribution >= 0.6 is 0 Å². The average Bonchev–Trinajstić information content (AvgIpc) is 3.59. The van der Waals surface area contributed by atoms with Gasteiger partial charge in [0.2, 0.25) is 11.8 Å². The van der Waals surface area contributed by atoms with E-state index >= 15 is 0 Å². The highest BCUT2D eigenvalue weighted by molar-refractivity contribution is 5.89. The van der Waals surface area contributed by atoms with E-state index in [0.29, 0.717) is 0 Å². The van der Waals surface area contributed by atoms with Gasteiger partial charge in [0.25, 0.3) is 0 Å². The largest absolute Gasteiger partial charge is 0.391 e. The van der Waals surface area contributed by atoms with Gasteiger partial charge in [-0.25, -0.2) is 0 Å². The molecule has 0 saturated carbocycles. The van der Waals surface area contributed by atoms with Gasteiger partial charge in [0.15, 0.2) is 0 Å². The normalized spacial score (nSPS) is 18.2. The molecule has 4 unspecified atom stereocenters. The number of hydrogen-bond acceptors (Lipinski definition) is 4. The number of benzene rings is 1. The Morgan fingerprint density at radius 3 is 2.29 bits per heavy atom. The van der Waals surface area contributed by atoms with Crippen LogP contribution in [0.25, 0.3) is 11.3 Å². The van der Waals surface area contributed by atoms with Gasteiger partial charge in [0, 0.05) is 37.2 Å². The molecule has 1 fully saturated rings. The van der Waals surface area contributed by atoms with Gasteiger partial charge in [0.1, 0.15) is 6.04 Å². The predicted octanol–water partition coefficient (Wildman–Crippen LogP) is 6.01. The Morgan fingerprint density at radius 2 is 1.74 bits per heavy atom. The second-order valence-electron chi connectivity index (χ2n) is 9.66. The van der Waals surface area contributed by atoms with Gasteiger partial charge in [-0.2, -0.15) is 5.10 Å². The smallest absolute Gasteiger partial charge is 0.243 e. The zero-order valence-electron chi connectivity index (χ0n) is 25.4. The molecule has 0 aliphatic carbocycles. The summed E-state index contributed by atoms with van der Waals surface area (Å²) in [6.07, 6.45) is 2.96. The van der Waals surface area contributed by atoms with Crippen molar-refractivity contribution in [3.63, 3.8) is 0 Å². The lowest BCUT2D eigenvalue weighted by Gasteiger charge is -2.30. The number of likely N-dealkylation sites (tertiary alicyclic amines) is 1. The summed E-state index contributed by atoms with van der Waals surface area (Å²) in [5, 5.41) is 17.9. The van der Waals surface area contributed by atoms with Crippen LogP contribution in [-0.2, 0) is 22.6 Å².